The average Bonchev–Trinajstić information content (AvgIpc) is 2.23. The van der Waals surface area contributed by atoms with Gasteiger partial charge in [-0.15, -0.1) is 0 Å². The Bertz CT molecular complexity index is 578. The highest BCUT2D eigenvalue weighted by Crippen LogP contribution is 2.33. The summed E-state index contributed by atoms with van der Waals surface area (Å²) in [5.41, 5.74) is -0.123. The second-order valence-corrected chi connectivity index (χ2v) is 3.79. The first-order valence-corrected chi connectivity index (χ1v) is 5.09. The van der Waals surface area contributed by atoms with Gasteiger partial charge in [-0.2, -0.15) is 4.98 Å². The summed E-state index contributed by atoms with van der Waals surface area (Å²) in [5.74, 6) is -0.772. The zero-order chi connectivity index (χ0) is 11.9. The minimum Gasteiger partial charge on any atom is -0.480 e. The van der Waals surface area contributed by atoms with Crippen molar-refractivity contribution in [1.29, 1.82) is 0 Å². The molecule has 84 valence electrons. The van der Waals surface area contributed by atoms with Crippen LogP contribution >= 0.6 is 34.8 Å². The molecular weight excluding hydrogens is 279 g/mol. The summed E-state index contributed by atoms with van der Waals surface area (Å²) in [6, 6.07) is 0. The van der Waals surface area contributed by atoms with E-state index in [1.54, 1.807) is 0 Å². The van der Waals surface area contributed by atoms with E-state index in [4.69, 9.17) is 39.5 Å². The lowest BCUT2D eigenvalue weighted by Crippen LogP contribution is -1.98. The van der Waals surface area contributed by atoms with Crippen molar-refractivity contribution >= 4 is 45.7 Å². The van der Waals surface area contributed by atoms with Crippen LogP contribution < -0.4 is 4.74 Å². The number of rotatable bonds is 1. The smallest absolute Gasteiger partial charge is 0.227 e. The third kappa shape index (κ3) is 1.75. The van der Waals surface area contributed by atoms with E-state index in [1.165, 1.54) is 7.11 Å². The highest BCUT2D eigenvalue weighted by molar-refractivity contribution is 6.36. The number of hydrogen-bond acceptors (Lipinski definition) is 4. The lowest BCUT2D eigenvalue weighted by atomic mass is 10.3. The molecule has 0 saturated heterocycles. The topological polar surface area (TPSA) is 47.9 Å². The van der Waals surface area contributed by atoms with E-state index >= 15 is 0 Å². The Kier molecular flexibility index (Phi) is 3.01. The van der Waals surface area contributed by atoms with Crippen LogP contribution in [-0.2, 0) is 0 Å². The molecule has 0 aromatic carbocycles. The van der Waals surface area contributed by atoms with Gasteiger partial charge in [-0.05, 0) is 11.6 Å². The molecule has 2 aromatic heterocycles. The first-order chi connectivity index (χ1) is 7.54. The number of aromatic nitrogens is 3. The largest absolute Gasteiger partial charge is 0.480 e. The van der Waals surface area contributed by atoms with Crippen molar-refractivity contribution in [1.82, 2.24) is 15.0 Å². The molecule has 0 aliphatic heterocycles. The maximum absolute atomic E-state index is 13.6. The Morgan fingerprint density at radius 3 is 2.38 bits per heavy atom. The van der Waals surface area contributed by atoms with Crippen molar-refractivity contribution in [2.24, 2.45) is 0 Å². The lowest BCUT2D eigenvalue weighted by molar-refractivity contribution is 0.402. The third-order valence-corrected chi connectivity index (χ3v) is 2.53. The molecule has 2 rings (SSSR count). The molecule has 0 spiro atoms. The van der Waals surface area contributed by atoms with E-state index in [-0.39, 0.29) is 32.4 Å². The molecule has 0 bridgehead atoms. The predicted molar refractivity (Wildman–Crippen MR) is 58.9 cm³/mol. The van der Waals surface area contributed by atoms with Crippen molar-refractivity contribution in [3.63, 3.8) is 0 Å². The number of halogens is 4. The number of nitrogens with zero attached hydrogens (tertiary/aromatic N) is 3. The van der Waals surface area contributed by atoms with Crippen LogP contribution in [-0.4, -0.2) is 22.1 Å². The van der Waals surface area contributed by atoms with Gasteiger partial charge in [0.2, 0.25) is 11.2 Å². The summed E-state index contributed by atoms with van der Waals surface area (Å²) in [7, 11) is 1.35. The van der Waals surface area contributed by atoms with Gasteiger partial charge in [-0.25, -0.2) is 14.4 Å². The summed E-state index contributed by atoms with van der Waals surface area (Å²) in [6.07, 6.45) is 0. The summed E-state index contributed by atoms with van der Waals surface area (Å²) < 4.78 is 18.5. The minimum absolute atomic E-state index is 0.0445. The Morgan fingerprint density at radius 1 is 1.06 bits per heavy atom. The van der Waals surface area contributed by atoms with Gasteiger partial charge in [-0.3, -0.25) is 0 Å². The van der Waals surface area contributed by atoms with Gasteiger partial charge in [0.15, 0.2) is 11.0 Å². The van der Waals surface area contributed by atoms with E-state index < -0.39 is 5.82 Å². The van der Waals surface area contributed by atoms with Gasteiger partial charge in [0.05, 0.1) is 7.11 Å². The van der Waals surface area contributed by atoms with Crippen molar-refractivity contribution in [2.45, 2.75) is 0 Å². The van der Waals surface area contributed by atoms with Crippen molar-refractivity contribution < 1.29 is 9.13 Å². The summed E-state index contributed by atoms with van der Waals surface area (Å²) in [5, 5.41) is -0.457. The summed E-state index contributed by atoms with van der Waals surface area (Å²) in [6.45, 7) is 0. The maximum atomic E-state index is 13.6. The van der Waals surface area contributed by atoms with Crippen LogP contribution in [0.5, 0.6) is 5.88 Å². The fraction of sp³-hybridized carbons (Fsp3) is 0.125. The van der Waals surface area contributed by atoms with Crippen LogP contribution in [0.1, 0.15) is 0 Å². The molecule has 0 fully saturated rings. The number of fused-ring (bicyclic) bond motifs is 1. The van der Waals surface area contributed by atoms with Gasteiger partial charge in [-0.1, -0.05) is 23.2 Å². The Labute approximate surface area is 104 Å². The molecule has 0 saturated carbocycles. The monoisotopic (exact) mass is 281 g/mol. The molecule has 0 aliphatic carbocycles. The quantitative estimate of drug-likeness (QED) is 0.458. The van der Waals surface area contributed by atoms with Crippen LogP contribution in [0.25, 0.3) is 10.9 Å². The van der Waals surface area contributed by atoms with Crippen molar-refractivity contribution in [2.75, 3.05) is 7.11 Å². The second kappa shape index (κ2) is 4.16. The highest BCUT2D eigenvalue weighted by Gasteiger charge is 2.18. The van der Waals surface area contributed by atoms with E-state index in [1.807, 2.05) is 0 Å². The summed E-state index contributed by atoms with van der Waals surface area (Å²) >= 11 is 16.9. The first-order valence-electron chi connectivity index (χ1n) is 3.96. The molecule has 0 N–H and O–H groups in total. The SMILES string of the molecule is COc1nc(Cl)c(F)c2nc(Cl)nc(Cl)c12. The van der Waals surface area contributed by atoms with E-state index in [0.717, 1.165) is 0 Å². The average molecular weight is 282 g/mol. The Balaban J connectivity index is 2.98. The van der Waals surface area contributed by atoms with E-state index in [0.29, 0.717) is 0 Å². The molecule has 0 atom stereocenters. The second-order valence-electron chi connectivity index (χ2n) is 2.73. The van der Waals surface area contributed by atoms with Crippen LogP contribution in [0, 0.1) is 5.82 Å². The van der Waals surface area contributed by atoms with E-state index in [9.17, 15) is 4.39 Å². The molecule has 16 heavy (non-hydrogen) atoms. The zero-order valence-corrected chi connectivity index (χ0v) is 10.0. The van der Waals surface area contributed by atoms with Gasteiger partial charge in [0, 0.05) is 0 Å². The van der Waals surface area contributed by atoms with Crippen LogP contribution in [0.2, 0.25) is 15.6 Å². The van der Waals surface area contributed by atoms with Gasteiger partial charge in [0.25, 0.3) is 0 Å². The standard InChI is InChI=1S/C8H3Cl3FN3O/c1-16-7-2-4(3(12)6(10)14-7)13-8(11)15-5(2)9/h1H3. The third-order valence-electron chi connectivity index (χ3n) is 1.83. The van der Waals surface area contributed by atoms with Crippen molar-refractivity contribution in [3.8, 4) is 5.88 Å². The molecule has 2 heterocycles. The molecule has 0 aliphatic rings. The van der Waals surface area contributed by atoms with Crippen molar-refractivity contribution in [3.05, 3.63) is 21.4 Å². The molecular formula is C8H3Cl3FN3O. The van der Waals surface area contributed by atoms with Crippen LogP contribution in [0.15, 0.2) is 0 Å². The Morgan fingerprint density at radius 2 is 1.75 bits per heavy atom. The van der Waals surface area contributed by atoms with Gasteiger partial charge >= 0.3 is 0 Å². The van der Waals surface area contributed by atoms with Crippen LogP contribution in [0.3, 0.4) is 0 Å². The zero-order valence-electron chi connectivity index (χ0n) is 7.76. The molecule has 0 radical (unpaired) electrons. The predicted octanol–water partition coefficient (Wildman–Crippen LogP) is 3.13. The highest BCUT2D eigenvalue weighted by atomic mass is 35.5. The number of pyridine rings is 1. The first kappa shape index (κ1) is 11.6. The number of ether oxygens (including phenoxy) is 1. The molecule has 8 heteroatoms. The molecule has 2 aromatic rings. The fourth-order valence-electron chi connectivity index (χ4n) is 1.20. The van der Waals surface area contributed by atoms with Gasteiger partial charge < -0.3 is 4.74 Å². The normalized spacial score (nSPS) is 10.8. The molecule has 4 nitrogen and oxygen atoms in total. The Hall–Kier alpha value is -0.910. The van der Waals surface area contributed by atoms with Gasteiger partial charge in [0.1, 0.15) is 16.1 Å². The lowest BCUT2D eigenvalue weighted by Gasteiger charge is -2.07. The van der Waals surface area contributed by atoms with Crippen LogP contribution in [0.4, 0.5) is 4.39 Å². The molecule has 0 unspecified atom stereocenters. The fourth-order valence-corrected chi connectivity index (χ4v) is 1.82. The maximum Gasteiger partial charge on any atom is 0.227 e. The minimum atomic E-state index is -0.816. The number of methoxy groups -OCH3 is 1. The summed E-state index contributed by atoms with van der Waals surface area (Å²) in [4.78, 5) is 11.0. The molecule has 0 amide bonds. The van der Waals surface area contributed by atoms with E-state index in [2.05, 4.69) is 15.0 Å². The number of hydrogen-bond donors (Lipinski definition) is 0.